The third kappa shape index (κ3) is 4.14. The fraction of sp³-hybridized carbons (Fsp3) is 0.647. The molecule has 0 saturated heterocycles. The number of pyridine rings is 1. The van der Waals surface area contributed by atoms with Gasteiger partial charge >= 0.3 is 0 Å². The van der Waals surface area contributed by atoms with Gasteiger partial charge in [-0.15, -0.1) is 11.8 Å². The lowest BCUT2D eigenvalue weighted by molar-refractivity contribution is 0.144. The minimum atomic E-state index is 0.136. The molecule has 1 aromatic heterocycles. The first kappa shape index (κ1) is 16.6. The van der Waals surface area contributed by atoms with Crippen molar-refractivity contribution in [2.45, 2.75) is 56.7 Å². The maximum absolute atomic E-state index is 9.42. The van der Waals surface area contributed by atoms with Gasteiger partial charge in [0, 0.05) is 11.4 Å². The Morgan fingerprint density at radius 2 is 2.19 bits per heavy atom. The highest BCUT2D eigenvalue weighted by Crippen LogP contribution is 2.46. The number of nitrogens with zero attached hydrogens (tertiary/aromatic N) is 2. The standard InChI is InChI=1S/C17H23ClN2S/c1-4-17(2,3)13-6-5-12(10-19)15(9-13)21-16-8-7-14(18)11-20-16/h7-8,11-13,15H,4-6,9H2,1-3H3. The molecule has 0 bridgehead atoms. The highest BCUT2D eigenvalue weighted by molar-refractivity contribution is 7.99. The summed E-state index contributed by atoms with van der Waals surface area (Å²) in [7, 11) is 0. The minimum absolute atomic E-state index is 0.136. The fourth-order valence-electron chi connectivity index (χ4n) is 2.99. The molecule has 21 heavy (non-hydrogen) atoms. The monoisotopic (exact) mass is 322 g/mol. The summed E-state index contributed by atoms with van der Waals surface area (Å²) in [6.07, 6.45) is 6.15. The van der Waals surface area contributed by atoms with Gasteiger partial charge in [0.2, 0.25) is 0 Å². The van der Waals surface area contributed by atoms with Gasteiger partial charge in [-0.25, -0.2) is 4.98 Å². The van der Waals surface area contributed by atoms with Gasteiger partial charge in [0.1, 0.15) is 0 Å². The topological polar surface area (TPSA) is 36.7 Å². The van der Waals surface area contributed by atoms with E-state index in [4.69, 9.17) is 11.6 Å². The van der Waals surface area contributed by atoms with Gasteiger partial charge in [-0.2, -0.15) is 5.26 Å². The Hall–Kier alpha value is -0.720. The molecular formula is C17H23ClN2S. The third-order valence-electron chi connectivity index (χ3n) is 4.95. The largest absolute Gasteiger partial charge is 0.248 e. The summed E-state index contributed by atoms with van der Waals surface area (Å²) in [5.41, 5.74) is 0.354. The van der Waals surface area contributed by atoms with Crippen molar-refractivity contribution in [3.8, 4) is 6.07 Å². The lowest BCUT2D eigenvalue weighted by Crippen LogP contribution is -2.34. The molecule has 1 aliphatic rings. The second-order valence-corrected chi connectivity index (χ2v) is 8.25. The minimum Gasteiger partial charge on any atom is -0.248 e. The molecule has 1 aromatic rings. The van der Waals surface area contributed by atoms with E-state index in [0.29, 0.717) is 21.6 Å². The summed E-state index contributed by atoms with van der Waals surface area (Å²) in [6, 6.07) is 6.32. The average Bonchev–Trinajstić information content (AvgIpc) is 2.49. The third-order valence-corrected chi connectivity index (χ3v) is 6.48. The van der Waals surface area contributed by atoms with Gasteiger partial charge in [0.15, 0.2) is 0 Å². The molecule has 4 heteroatoms. The van der Waals surface area contributed by atoms with E-state index in [0.717, 1.165) is 17.9 Å². The fourth-order valence-corrected chi connectivity index (χ4v) is 4.36. The zero-order chi connectivity index (χ0) is 15.5. The molecule has 0 amide bonds. The Kier molecular flexibility index (Phi) is 5.57. The molecule has 1 aliphatic carbocycles. The second kappa shape index (κ2) is 7.03. The van der Waals surface area contributed by atoms with Crippen LogP contribution >= 0.6 is 23.4 Å². The summed E-state index contributed by atoms with van der Waals surface area (Å²) < 4.78 is 0. The molecule has 3 atom stereocenters. The molecule has 2 rings (SSSR count). The molecule has 0 spiro atoms. The predicted octanol–water partition coefficient (Wildman–Crippen LogP) is 5.57. The van der Waals surface area contributed by atoms with Crippen molar-refractivity contribution in [1.29, 1.82) is 5.26 Å². The Labute approximate surface area is 137 Å². The van der Waals surface area contributed by atoms with E-state index in [-0.39, 0.29) is 5.92 Å². The van der Waals surface area contributed by atoms with Crippen LogP contribution in [0.4, 0.5) is 0 Å². The van der Waals surface area contributed by atoms with Crippen LogP contribution in [0.25, 0.3) is 0 Å². The van der Waals surface area contributed by atoms with Gasteiger partial charge in [0.05, 0.1) is 22.0 Å². The summed E-state index contributed by atoms with van der Waals surface area (Å²) >= 11 is 7.63. The number of thioether (sulfide) groups is 1. The zero-order valence-electron chi connectivity index (χ0n) is 13.0. The Balaban J connectivity index is 2.10. The number of halogens is 1. The van der Waals surface area contributed by atoms with Crippen LogP contribution in [0.2, 0.25) is 5.02 Å². The summed E-state index contributed by atoms with van der Waals surface area (Å²) in [4.78, 5) is 4.37. The van der Waals surface area contributed by atoms with E-state index in [1.54, 1.807) is 18.0 Å². The zero-order valence-corrected chi connectivity index (χ0v) is 14.5. The lowest BCUT2D eigenvalue weighted by Gasteiger charge is -2.41. The van der Waals surface area contributed by atoms with Crippen molar-refractivity contribution in [2.75, 3.05) is 0 Å². The molecule has 1 saturated carbocycles. The first-order valence-corrected chi connectivity index (χ1v) is 8.90. The van der Waals surface area contributed by atoms with E-state index >= 15 is 0 Å². The number of rotatable bonds is 4. The first-order chi connectivity index (χ1) is 9.96. The SMILES string of the molecule is CCC(C)(C)C1CCC(C#N)C(Sc2ccc(Cl)cn2)C1. The van der Waals surface area contributed by atoms with Crippen LogP contribution in [0.1, 0.15) is 46.5 Å². The van der Waals surface area contributed by atoms with Gasteiger partial charge in [-0.3, -0.25) is 0 Å². The van der Waals surface area contributed by atoms with E-state index in [2.05, 4.69) is 31.8 Å². The number of nitriles is 1. The van der Waals surface area contributed by atoms with Crippen molar-refractivity contribution in [3.63, 3.8) is 0 Å². The molecule has 1 fully saturated rings. The average molecular weight is 323 g/mol. The van der Waals surface area contributed by atoms with Crippen molar-refractivity contribution in [2.24, 2.45) is 17.3 Å². The maximum atomic E-state index is 9.42. The molecule has 3 unspecified atom stereocenters. The van der Waals surface area contributed by atoms with E-state index < -0.39 is 0 Å². The van der Waals surface area contributed by atoms with Gasteiger partial charge in [-0.05, 0) is 42.7 Å². The Morgan fingerprint density at radius 1 is 1.43 bits per heavy atom. The second-order valence-electron chi connectivity index (χ2n) is 6.56. The Morgan fingerprint density at radius 3 is 2.76 bits per heavy atom. The quantitative estimate of drug-likeness (QED) is 0.727. The molecule has 0 radical (unpaired) electrons. The van der Waals surface area contributed by atoms with Crippen LogP contribution in [0.5, 0.6) is 0 Å². The Bertz CT molecular complexity index is 507. The maximum Gasteiger partial charge on any atom is 0.0964 e. The molecule has 0 N–H and O–H groups in total. The van der Waals surface area contributed by atoms with E-state index in [1.807, 2.05) is 12.1 Å². The van der Waals surface area contributed by atoms with Gasteiger partial charge in [0.25, 0.3) is 0 Å². The van der Waals surface area contributed by atoms with Crippen LogP contribution in [-0.4, -0.2) is 10.2 Å². The molecule has 0 aliphatic heterocycles. The summed E-state index contributed by atoms with van der Waals surface area (Å²) in [5, 5.41) is 11.4. The van der Waals surface area contributed by atoms with Crippen molar-refractivity contribution < 1.29 is 0 Å². The smallest absolute Gasteiger partial charge is 0.0964 e. The van der Waals surface area contributed by atoms with Crippen LogP contribution in [0.15, 0.2) is 23.4 Å². The normalized spacial score (nSPS) is 26.3. The van der Waals surface area contributed by atoms with Crippen molar-refractivity contribution in [3.05, 3.63) is 23.4 Å². The first-order valence-electron chi connectivity index (χ1n) is 7.64. The summed E-state index contributed by atoms with van der Waals surface area (Å²) in [5.74, 6) is 0.827. The molecule has 2 nitrogen and oxygen atoms in total. The molecular weight excluding hydrogens is 300 g/mol. The van der Waals surface area contributed by atoms with E-state index in [9.17, 15) is 5.26 Å². The number of hydrogen-bond donors (Lipinski definition) is 0. The van der Waals surface area contributed by atoms with Crippen LogP contribution in [0.3, 0.4) is 0 Å². The van der Waals surface area contributed by atoms with Gasteiger partial charge in [-0.1, -0.05) is 38.8 Å². The van der Waals surface area contributed by atoms with E-state index in [1.165, 1.54) is 12.8 Å². The van der Waals surface area contributed by atoms with Crippen molar-refractivity contribution in [1.82, 2.24) is 4.98 Å². The molecule has 0 aromatic carbocycles. The van der Waals surface area contributed by atoms with Crippen LogP contribution in [-0.2, 0) is 0 Å². The lowest BCUT2D eigenvalue weighted by atomic mass is 9.67. The summed E-state index contributed by atoms with van der Waals surface area (Å²) in [6.45, 7) is 6.97. The highest BCUT2D eigenvalue weighted by atomic mass is 35.5. The number of hydrogen-bond acceptors (Lipinski definition) is 3. The highest BCUT2D eigenvalue weighted by Gasteiger charge is 2.37. The van der Waals surface area contributed by atoms with Crippen LogP contribution < -0.4 is 0 Å². The number of aromatic nitrogens is 1. The predicted molar refractivity (Wildman–Crippen MR) is 89.4 cm³/mol. The molecule has 1 heterocycles. The molecule has 114 valence electrons. The van der Waals surface area contributed by atoms with Crippen molar-refractivity contribution >= 4 is 23.4 Å². The van der Waals surface area contributed by atoms with Gasteiger partial charge < -0.3 is 0 Å². The van der Waals surface area contributed by atoms with Crippen LogP contribution in [0, 0.1) is 28.6 Å².